The molecule has 118 valence electrons. The van der Waals surface area contributed by atoms with Gasteiger partial charge in [0, 0.05) is 12.3 Å². The molecule has 20 heavy (non-hydrogen) atoms. The number of Topliss-reactive ketones (excluding diaryl/α,β-unsaturated/α-hetero) is 1. The molecule has 0 heterocycles. The summed E-state index contributed by atoms with van der Waals surface area (Å²) in [6.07, 6.45) is 11.5. The molecule has 1 atom stereocenters. The van der Waals surface area contributed by atoms with Crippen LogP contribution in [0, 0.1) is 5.92 Å². The Kier molecular flexibility index (Phi) is 12.6. The van der Waals surface area contributed by atoms with Crippen LogP contribution in [0.2, 0.25) is 0 Å². The second kappa shape index (κ2) is 13.1. The monoisotopic (exact) mass is 284 g/mol. The van der Waals surface area contributed by atoms with E-state index in [1.165, 1.54) is 45.6 Å². The lowest BCUT2D eigenvalue weighted by atomic mass is 9.93. The summed E-state index contributed by atoms with van der Waals surface area (Å²) in [6.45, 7) is 4.18. The van der Waals surface area contributed by atoms with Crippen molar-refractivity contribution in [1.82, 2.24) is 0 Å². The Morgan fingerprint density at radius 3 is 1.95 bits per heavy atom. The maximum Gasteiger partial charge on any atom is 0.306 e. The molecule has 0 fully saturated rings. The SMILES string of the molecule is CCCCCCCCCCC(=O)C(CC)CC(=O)OC. The van der Waals surface area contributed by atoms with Crippen LogP contribution >= 0.6 is 0 Å². The van der Waals surface area contributed by atoms with Crippen molar-refractivity contribution in [2.24, 2.45) is 5.92 Å². The van der Waals surface area contributed by atoms with Crippen LogP contribution in [-0.2, 0) is 14.3 Å². The van der Waals surface area contributed by atoms with Crippen molar-refractivity contribution < 1.29 is 14.3 Å². The molecule has 3 heteroatoms. The highest BCUT2D eigenvalue weighted by Crippen LogP contribution is 2.16. The maximum atomic E-state index is 12.0. The topological polar surface area (TPSA) is 43.4 Å². The number of ether oxygens (including phenoxy) is 1. The summed E-state index contributed by atoms with van der Waals surface area (Å²) in [5.41, 5.74) is 0. The molecule has 0 amide bonds. The van der Waals surface area contributed by atoms with E-state index in [9.17, 15) is 9.59 Å². The predicted octanol–water partition coefficient (Wildman–Crippen LogP) is 4.68. The van der Waals surface area contributed by atoms with Gasteiger partial charge in [-0.2, -0.15) is 0 Å². The Hall–Kier alpha value is -0.860. The summed E-state index contributed by atoms with van der Waals surface area (Å²) in [5.74, 6) is -0.197. The largest absolute Gasteiger partial charge is 0.469 e. The standard InChI is InChI=1S/C17H32O3/c1-4-6-7-8-9-10-11-12-13-16(18)15(5-2)14-17(19)20-3/h15H,4-14H2,1-3H3. The second-order valence-electron chi connectivity index (χ2n) is 5.58. The second-order valence-corrected chi connectivity index (χ2v) is 5.58. The molecule has 0 aromatic heterocycles. The Balaban J connectivity index is 3.62. The Labute approximate surface area is 124 Å². The summed E-state index contributed by atoms with van der Waals surface area (Å²) < 4.78 is 4.63. The minimum absolute atomic E-state index is 0.146. The van der Waals surface area contributed by atoms with Crippen molar-refractivity contribution in [2.45, 2.75) is 84.5 Å². The number of hydrogen-bond donors (Lipinski definition) is 0. The molecule has 0 N–H and O–H groups in total. The molecule has 0 aliphatic heterocycles. The number of carbonyl (C=O) groups excluding carboxylic acids is 2. The number of hydrogen-bond acceptors (Lipinski definition) is 3. The van der Waals surface area contributed by atoms with Crippen LogP contribution in [0.4, 0.5) is 0 Å². The van der Waals surface area contributed by atoms with E-state index in [0.29, 0.717) is 6.42 Å². The van der Waals surface area contributed by atoms with Gasteiger partial charge in [-0.05, 0) is 12.8 Å². The molecule has 0 saturated heterocycles. The molecule has 0 saturated carbocycles. The minimum atomic E-state index is -0.277. The molecule has 0 spiro atoms. The van der Waals surface area contributed by atoms with Crippen LogP contribution in [0.25, 0.3) is 0 Å². The first-order chi connectivity index (χ1) is 9.65. The molecule has 0 bridgehead atoms. The zero-order chi connectivity index (χ0) is 15.2. The lowest BCUT2D eigenvalue weighted by Crippen LogP contribution is -2.18. The predicted molar refractivity (Wildman–Crippen MR) is 82.6 cm³/mol. The number of ketones is 1. The average molecular weight is 284 g/mol. The van der Waals surface area contributed by atoms with Gasteiger partial charge in [0.2, 0.25) is 0 Å². The van der Waals surface area contributed by atoms with E-state index in [0.717, 1.165) is 19.3 Å². The van der Waals surface area contributed by atoms with E-state index in [2.05, 4.69) is 11.7 Å². The van der Waals surface area contributed by atoms with Gasteiger partial charge in [0.25, 0.3) is 0 Å². The number of carbonyl (C=O) groups is 2. The molecule has 0 aromatic rings. The zero-order valence-corrected chi connectivity index (χ0v) is 13.6. The van der Waals surface area contributed by atoms with Gasteiger partial charge in [-0.15, -0.1) is 0 Å². The van der Waals surface area contributed by atoms with Crippen LogP contribution in [0.15, 0.2) is 0 Å². The van der Waals surface area contributed by atoms with E-state index in [4.69, 9.17) is 0 Å². The normalized spacial score (nSPS) is 12.2. The molecular formula is C17H32O3. The highest BCUT2D eigenvalue weighted by Gasteiger charge is 2.19. The van der Waals surface area contributed by atoms with Gasteiger partial charge in [0.1, 0.15) is 5.78 Å². The van der Waals surface area contributed by atoms with E-state index < -0.39 is 0 Å². The summed E-state index contributed by atoms with van der Waals surface area (Å²) in [4.78, 5) is 23.2. The van der Waals surface area contributed by atoms with Crippen molar-refractivity contribution >= 4 is 11.8 Å². The molecule has 0 aromatic carbocycles. The minimum Gasteiger partial charge on any atom is -0.469 e. The third-order valence-corrected chi connectivity index (χ3v) is 3.87. The Morgan fingerprint density at radius 2 is 1.45 bits per heavy atom. The van der Waals surface area contributed by atoms with Crippen molar-refractivity contribution in [3.05, 3.63) is 0 Å². The van der Waals surface area contributed by atoms with E-state index >= 15 is 0 Å². The Bertz CT molecular complexity index is 261. The van der Waals surface area contributed by atoms with Gasteiger partial charge in [-0.25, -0.2) is 0 Å². The fraction of sp³-hybridized carbons (Fsp3) is 0.882. The molecule has 0 rings (SSSR count). The van der Waals surface area contributed by atoms with Gasteiger partial charge in [0.15, 0.2) is 0 Å². The zero-order valence-electron chi connectivity index (χ0n) is 13.6. The lowest BCUT2D eigenvalue weighted by molar-refractivity contribution is -0.143. The van der Waals surface area contributed by atoms with Crippen LogP contribution in [0.3, 0.4) is 0 Å². The molecule has 3 nitrogen and oxygen atoms in total. The van der Waals surface area contributed by atoms with Crippen LogP contribution in [0.1, 0.15) is 84.5 Å². The smallest absolute Gasteiger partial charge is 0.306 e. The van der Waals surface area contributed by atoms with Crippen molar-refractivity contribution in [1.29, 1.82) is 0 Å². The first-order valence-corrected chi connectivity index (χ1v) is 8.25. The van der Waals surface area contributed by atoms with Gasteiger partial charge in [0.05, 0.1) is 13.5 Å². The number of unbranched alkanes of at least 4 members (excludes halogenated alkanes) is 7. The molecule has 0 aliphatic rings. The lowest BCUT2D eigenvalue weighted by Gasteiger charge is -2.12. The van der Waals surface area contributed by atoms with Crippen LogP contribution < -0.4 is 0 Å². The van der Waals surface area contributed by atoms with E-state index in [1.807, 2.05) is 6.92 Å². The van der Waals surface area contributed by atoms with Gasteiger partial charge in [-0.1, -0.05) is 58.8 Å². The van der Waals surface area contributed by atoms with E-state index in [1.54, 1.807) is 0 Å². The quantitative estimate of drug-likeness (QED) is 0.364. The summed E-state index contributed by atoms with van der Waals surface area (Å²) in [5, 5.41) is 0. The molecule has 0 radical (unpaired) electrons. The molecule has 0 aliphatic carbocycles. The van der Waals surface area contributed by atoms with Crippen molar-refractivity contribution in [3.8, 4) is 0 Å². The van der Waals surface area contributed by atoms with Gasteiger partial charge >= 0.3 is 5.97 Å². The summed E-state index contributed by atoms with van der Waals surface area (Å²) in [7, 11) is 1.37. The number of methoxy groups -OCH3 is 1. The average Bonchev–Trinajstić information content (AvgIpc) is 2.46. The van der Waals surface area contributed by atoms with Crippen molar-refractivity contribution in [2.75, 3.05) is 7.11 Å². The van der Waals surface area contributed by atoms with Crippen molar-refractivity contribution in [3.63, 3.8) is 0 Å². The van der Waals surface area contributed by atoms with Crippen LogP contribution in [-0.4, -0.2) is 18.9 Å². The highest BCUT2D eigenvalue weighted by molar-refractivity contribution is 5.85. The third-order valence-electron chi connectivity index (χ3n) is 3.87. The third kappa shape index (κ3) is 9.99. The van der Waals surface area contributed by atoms with E-state index in [-0.39, 0.29) is 24.1 Å². The fourth-order valence-electron chi connectivity index (χ4n) is 2.41. The molecular weight excluding hydrogens is 252 g/mol. The highest BCUT2D eigenvalue weighted by atomic mass is 16.5. The Morgan fingerprint density at radius 1 is 0.900 bits per heavy atom. The summed E-state index contributed by atoms with van der Waals surface area (Å²) in [6, 6.07) is 0. The molecule has 1 unspecified atom stereocenters. The maximum absolute atomic E-state index is 12.0. The van der Waals surface area contributed by atoms with Gasteiger partial charge < -0.3 is 4.74 Å². The number of rotatable bonds is 13. The summed E-state index contributed by atoms with van der Waals surface area (Å²) >= 11 is 0. The van der Waals surface area contributed by atoms with Crippen LogP contribution in [0.5, 0.6) is 0 Å². The first-order valence-electron chi connectivity index (χ1n) is 8.25. The fourth-order valence-corrected chi connectivity index (χ4v) is 2.41. The first kappa shape index (κ1) is 19.1. The number of esters is 1. The van der Waals surface area contributed by atoms with Gasteiger partial charge in [-0.3, -0.25) is 9.59 Å².